The van der Waals surface area contributed by atoms with Gasteiger partial charge in [0.15, 0.2) is 0 Å². The quantitative estimate of drug-likeness (QED) is 0.528. The summed E-state index contributed by atoms with van der Waals surface area (Å²) in [6.45, 7) is 0.373. The van der Waals surface area contributed by atoms with Crippen LogP contribution in [-0.4, -0.2) is 17.2 Å². The Morgan fingerprint density at radius 1 is 1.00 bits per heavy atom. The average Bonchev–Trinajstić information content (AvgIpc) is 2.67. The van der Waals surface area contributed by atoms with Crippen LogP contribution in [-0.2, 0) is 6.61 Å². The molecule has 0 bridgehead atoms. The number of hydrogen-bond donors (Lipinski definition) is 2. The van der Waals surface area contributed by atoms with Crippen molar-refractivity contribution in [1.82, 2.24) is 5.43 Å². The Morgan fingerprint density at radius 3 is 2.58 bits per heavy atom. The fourth-order valence-electron chi connectivity index (χ4n) is 2.35. The number of benzene rings is 3. The molecule has 0 fully saturated rings. The zero-order valence-corrected chi connectivity index (χ0v) is 14.0. The molecule has 5 heteroatoms. The molecule has 0 saturated heterocycles. The second kappa shape index (κ2) is 8.48. The third kappa shape index (κ3) is 4.70. The molecule has 1 amide bonds. The summed E-state index contributed by atoms with van der Waals surface area (Å²) in [6.07, 6.45) is 1.46. The molecule has 3 rings (SSSR count). The first-order valence-electron chi connectivity index (χ1n) is 8.10. The number of nitrogens with zero attached hydrogens (tertiary/aromatic N) is 1. The van der Waals surface area contributed by atoms with Crippen molar-refractivity contribution in [3.05, 3.63) is 95.6 Å². The van der Waals surface area contributed by atoms with Gasteiger partial charge in [0, 0.05) is 0 Å². The molecule has 26 heavy (non-hydrogen) atoms. The average molecular weight is 346 g/mol. The molecule has 0 saturated carbocycles. The fourth-order valence-corrected chi connectivity index (χ4v) is 2.35. The van der Waals surface area contributed by atoms with Crippen molar-refractivity contribution in [3.8, 4) is 11.5 Å². The molecule has 0 aliphatic heterocycles. The van der Waals surface area contributed by atoms with E-state index >= 15 is 0 Å². The maximum atomic E-state index is 12.4. The number of para-hydroxylation sites is 1. The monoisotopic (exact) mass is 346 g/mol. The summed E-state index contributed by atoms with van der Waals surface area (Å²) in [5.41, 5.74) is 4.57. The van der Waals surface area contributed by atoms with Crippen molar-refractivity contribution in [3.63, 3.8) is 0 Å². The number of amides is 1. The molecule has 0 aliphatic rings. The lowest BCUT2D eigenvalue weighted by Crippen LogP contribution is -2.18. The lowest BCUT2D eigenvalue weighted by atomic mass is 10.2. The van der Waals surface area contributed by atoms with Gasteiger partial charge in [0.25, 0.3) is 5.91 Å². The van der Waals surface area contributed by atoms with Gasteiger partial charge in [-0.25, -0.2) is 5.43 Å². The summed E-state index contributed by atoms with van der Waals surface area (Å²) in [7, 11) is 0. The number of carbonyl (C=O) groups excluding carboxylic acids is 1. The van der Waals surface area contributed by atoms with Crippen molar-refractivity contribution >= 4 is 12.1 Å². The van der Waals surface area contributed by atoms with Crippen LogP contribution in [0.15, 0.2) is 84.0 Å². The number of ether oxygens (including phenoxy) is 1. The smallest absolute Gasteiger partial charge is 0.275 e. The highest BCUT2D eigenvalue weighted by molar-refractivity contribution is 5.97. The van der Waals surface area contributed by atoms with Gasteiger partial charge in [0.2, 0.25) is 0 Å². The summed E-state index contributed by atoms with van der Waals surface area (Å²) < 4.78 is 5.78. The molecule has 3 aromatic carbocycles. The van der Waals surface area contributed by atoms with Gasteiger partial charge in [-0.2, -0.15) is 5.10 Å². The minimum Gasteiger partial charge on any atom is -0.508 e. The van der Waals surface area contributed by atoms with Gasteiger partial charge in [-0.3, -0.25) is 4.79 Å². The van der Waals surface area contributed by atoms with E-state index in [2.05, 4.69) is 10.5 Å². The first-order chi connectivity index (χ1) is 12.7. The van der Waals surface area contributed by atoms with E-state index in [0.717, 1.165) is 5.56 Å². The lowest BCUT2D eigenvalue weighted by Gasteiger charge is -2.10. The molecule has 5 nitrogen and oxygen atoms in total. The van der Waals surface area contributed by atoms with E-state index in [-0.39, 0.29) is 11.7 Å². The normalized spacial score (nSPS) is 10.6. The molecule has 0 radical (unpaired) electrons. The van der Waals surface area contributed by atoms with Crippen molar-refractivity contribution in [2.45, 2.75) is 6.61 Å². The van der Waals surface area contributed by atoms with Gasteiger partial charge in [-0.15, -0.1) is 0 Å². The highest BCUT2D eigenvalue weighted by Gasteiger charge is 2.11. The van der Waals surface area contributed by atoms with E-state index in [0.29, 0.717) is 23.5 Å². The van der Waals surface area contributed by atoms with Crippen molar-refractivity contribution < 1.29 is 14.6 Å². The number of phenolic OH excluding ortho intramolecular Hbond substituents is 1. The van der Waals surface area contributed by atoms with Gasteiger partial charge in [-0.05, 0) is 35.4 Å². The van der Waals surface area contributed by atoms with Crippen LogP contribution in [0.2, 0.25) is 0 Å². The van der Waals surface area contributed by atoms with Crippen LogP contribution in [0.25, 0.3) is 0 Å². The van der Waals surface area contributed by atoms with Crippen LogP contribution >= 0.6 is 0 Å². The number of aromatic hydroxyl groups is 1. The largest absolute Gasteiger partial charge is 0.508 e. The summed E-state index contributed by atoms with van der Waals surface area (Å²) in [4.78, 5) is 12.4. The molecule has 0 aromatic heterocycles. The Balaban J connectivity index is 1.65. The van der Waals surface area contributed by atoms with E-state index in [1.165, 1.54) is 6.21 Å². The zero-order chi connectivity index (χ0) is 18.2. The van der Waals surface area contributed by atoms with Gasteiger partial charge >= 0.3 is 0 Å². The molecule has 130 valence electrons. The van der Waals surface area contributed by atoms with Crippen LogP contribution in [0, 0.1) is 0 Å². The molecule has 0 spiro atoms. The number of carbonyl (C=O) groups is 1. The van der Waals surface area contributed by atoms with Gasteiger partial charge in [-0.1, -0.05) is 54.6 Å². The van der Waals surface area contributed by atoms with Crippen LogP contribution < -0.4 is 10.2 Å². The minimum absolute atomic E-state index is 0.139. The van der Waals surface area contributed by atoms with Crippen LogP contribution in [0.3, 0.4) is 0 Å². The second-order valence-corrected chi connectivity index (χ2v) is 5.56. The lowest BCUT2D eigenvalue weighted by molar-refractivity contribution is 0.0950. The Bertz CT molecular complexity index is 908. The summed E-state index contributed by atoms with van der Waals surface area (Å²) in [6, 6.07) is 23.3. The van der Waals surface area contributed by atoms with E-state index < -0.39 is 0 Å². The zero-order valence-electron chi connectivity index (χ0n) is 14.0. The van der Waals surface area contributed by atoms with Crippen LogP contribution in [0.1, 0.15) is 21.5 Å². The predicted molar refractivity (Wildman–Crippen MR) is 100 cm³/mol. The summed E-state index contributed by atoms with van der Waals surface area (Å²) in [5, 5.41) is 13.4. The van der Waals surface area contributed by atoms with Crippen molar-refractivity contribution in [2.75, 3.05) is 0 Å². The molecule has 0 unspecified atom stereocenters. The Labute approximate surface area is 151 Å². The molecule has 3 aromatic rings. The van der Waals surface area contributed by atoms with Crippen LogP contribution in [0.5, 0.6) is 11.5 Å². The number of nitrogens with one attached hydrogen (secondary N) is 1. The third-order valence-electron chi connectivity index (χ3n) is 3.62. The number of hydrazone groups is 1. The molecular formula is C21H18N2O3. The van der Waals surface area contributed by atoms with E-state index in [9.17, 15) is 9.90 Å². The topological polar surface area (TPSA) is 70.9 Å². The number of hydrogen-bond acceptors (Lipinski definition) is 4. The number of phenols is 1. The fraction of sp³-hybridized carbons (Fsp3) is 0.0476. The Morgan fingerprint density at radius 2 is 1.77 bits per heavy atom. The van der Waals surface area contributed by atoms with Crippen molar-refractivity contribution in [2.24, 2.45) is 5.10 Å². The third-order valence-corrected chi connectivity index (χ3v) is 3.62. The molecular weight excluding hydrogens is 328 g/mol. The second-order valence-electron chi connectivity index (χ2n) is 5.56. The Hall–Kier alpha value is -3.60. The van der Waals surface area contributed by atoms with E-state index in [1.807, 2.05) is 36.4 Å². The predicted octanol–water partition coefficient (Wildman–Crippen LogP) is 3.74. The van der Waals surface area contributed by atoms with Crippen molar-refractivity contribution in [1.29, 1.82) is 0 Å². The number of rotatable bonds is 6. The molecule has 0 aliphatic carbocycles. The SMILES string of the molecule is O=C(N/N=C/c1cccc(O)c1)c1ccccc1OCc1ccccc1. The summed E-state index contributed by atoms with van der Waals surface area (Å²) >= 11 is 0. The van der Waals surface area contributed by atoms with E-state index in [1.54, 1.807) is 42.5 Å². The van der Waals surface area contributed by atoms with Crippen LogP contribution in [0.4, 0.5) is 0 Å². The highest BCUT2D eigenvalue weighted by atomic mass is 16.5. The highest BCUT2D eigenvalue weighted by Crippen LogP contribution is 2.19. The molecule has 0 atom stereocenters. The van der Waals surface area contributed by atoms with Gasteiger partial charge in [0.1, 0.15) is 18.1 Å². The van der Waals surface area contributed by atoms with Gasteiger partial charge < -0.3 is 9.84 Å². The molecule has 2 N–H and O–H groups in total. The van der Waals surface area contributed by atoms with Gasteiger partial charge in [0.05, 0.1) is 11.8 Å². The standard InChI is InChI=1S/C21H18N2O3/c24-18-10-6-9-17(13-18)14-22-23-21(25)19-11-4-5-12-20(19)26-15-16-7-2-1-3-8-16/h1-14,24H,15H2,(H,23,25)/b22-14+. The first kappa shape index (κ1) is 17.2. The first-order valence-corrected chi connectivity index (χ1v) is 8.10. The summed E-state index contributed by atoms with van der Waals surface area (Å²) in [5.74, 6) is 0.256. The maximum Gasteiger partial charge on any atom is 0.275 e. The minimum atomic E-state index is -0.370. The maximum absolute atomic E-state index is 12.4. The Kier molecular flexibility index (Phi) is 5.62. The molecule has 0 heterocycles. The van der Waals surface area contributed by atoms with E-state index in [4.69, 9.17) is 4.74 Å².